The lowest BCUT2D eigenvalue weighted by molar-refractivity contribution is -0.109. The summed E-state index contributed by atoms with van der Waals surface area (Å²) >= 11 is 6.24. The molecule has 0 atom stereocenters. The summed E-state index contributed by atoms with van der Waals surface area (Å²) in [6.45, 7) is 9.29. The lowest BCUT2D eigenvalue weighted by Crippen LogP contribution is -2.47. The van der Waals surface area contributed by atoms with E-state index in [4.69, 9.17) is 25.8 Å². The second-order valence-electron chi connectivity index (χ2n) is 8.54. The lowest BCUT2D eigenvalue weighted by Gasteiger charge is -2.33. The Morgan fingerprint density at radius 1 is 1.11 bits per heavy atom. The minimum Gasteiger partial charge on any atom is -0.492 e. The molecule has 1 aliphatic heterocycles. The van der Waals surface area contributed by atoms with Crippen LogP contribution in [0.5, 0.6) is 17.4 Å². The van der Waals surface area contributed by atoms with Crippen molar-refractivity contribution in [2.45, 2.75) is 20.0 Å². The molecule has 1 N–H and O–H groups in total. The SMILES string of the molecule is COc1cnc(Cl)c(Nc2ncnc3cc(OCCN4CCN(CC=O)CC4)cc(OC(C)C)c23)n1. The van der Waals surface area contributed by atoms with E-state index in [-0.39, 0.29) is 11.3 Å². The van der Waals surface area contributed by atoms with Gasteiger partial charge in [-0.1, -0.05) is 11.6 Å². The lowest BCUT2D eigenvalue weighted by atomic mass is 10.2. The fraction of sp³-hybridized carbons (Fsp3) is 0.458. The van der Waals surface area contributed by atoms with Crippen LogP contribution in [-0.2, 0) is 4.79 Å². The van der Waals surface area contributed by atoms with Gasteiger partial charge in [0.1, 0.15) is 36.5 Å². The number of nitrogens with one attached hydrogen (secondary N) is 1. The maximum Gasteiger partial charge on any atom is 0.234 e. The van der Waals surface area contributed by atoms with Crippen LogP contribution in [0.3, 0.4) is 0 Å². The summed E-state index contributed by atoms with van der Waals surface area (Å²) in [5.41, 5.74) is 0.648. The Kier molecular flexibility index (Phi) is 8.68. The number of nitrogens with zero attached hydrogens (tertiary/aromatic N) is 6. The molecule has 2 aromatic heterocycles. The molecular weight excluding hydrogens is 486 g/mol. The van der Waals surface area contributed by atoms with Crippen LogP contribution < -0.4 is 19.5 Å². The quantitative estimate of drug-likeness (QED) is 0.380. The van der Waals surface area contributed by atoms with Crippen molar-refractivity contribution in [3.05, 3.63) is 29.8 Å². The summed E-state index contributed by atoms with van der Waals surface area (Å²) in [4.78, 5) is 32.4. The highest BCUT2D eigenvalue weighted by molar-refractivity contribution is 6.31. The highest BCUT2D eigenvalue weighted by Gasteiger charge is 2.18. The van der Waals surface area contributed by atoms with Gasteiger partial charge in [0, 0.05) is 44.9 Å². The van der Waals surface area contributed by atoms with Crippen molar-refractivity contribution in [1.82, 2.24) is 29.7 Å². The van der Waals surface area contributed by atoms with Crippen molar-refractivity contribution in [2.24, 2.45) is 0 Å². The smallest absolute Gasteiger partial charge is 0.234 e. The zero-order valence-electron chi connectivity index (χ0n) is 20.6. The van der Waals surface area contributed by atoms with Gasteiger partial charge in [0.05, 0.1) is 36.9 Å². The Balaban J connectivity index is 1.53. The molecule has 0 amide bonds. The van der Waals surface area contributed by atoms with Crippen molar-refractivity contribution >= 4 is 40.4 Å². The molecule has 0 bridgehead atoms. The van der Waals surface area contributed by atoms with E-state index in [1.165, 1.54) is 19.6 Å². The van der Waals surface area contributed by atoms with Crippen LogP contribution in [0.15, 0.2) is 24.7 Å². The summed E-state index contributed by atoms with van der Waals surface area (Å²) < 4.78 is 17.4. The van der Waals surface area contributed by atoms with Crippen LogP contribution in [0.25, 0.3) is 10.9 Å². The number of halogens is 1. The predicted octanol–water partition coefficient (Wildman–Crippen LogP) is 2.81. The van der Waals surface area contributed by atoms with Crippen LogP contribution in [0.4, 0.5) is 11.6 Å². The highest BCUT2D eigenvalue weighted by Crippen LogP contribution is 2.36. The summed E-state index contributed by atoms with van der Waals surface area (Å²) in [5.74, 6) is 2.33. The van der Waals surface area contributed by atoms with E-state index >= 15 is 0 Å². The molecule has 1 aromatic carbocycles. The highest BCUT2D eigenvalue weighted by atomic mass is 35.5. The Bertz CT molecular complexity index is 1190. The normalized spacial score (nSPS) is 14.7. The van der Waals surface area contributed by atoms with E-state index in [9.17, 15) is 4.79 Å². The van der Waals surface area contributed by atoms with E-state index in [1.807, 2.05) is 26.0 Å². The summed E-state index contributed by atoms with van der Waals surface area (Å²) in [7, 11) is 1.51. The van der Waals surface area contributed by atoms with Crippen LogP contribution >= 0.6 is 11.6 Å². The molecule has 0 radical (unpaired) electrons. The number of rotatable bonds is 11. The van der Waals surface area contributed by atoms with Gasteiger partial charge in [-0.3, -0.25) is 9.80 Å². The van der Waals surface area contributed by atoms with Crippen molar-refractivity contribution in [1.29, 1.82) is 0 Å². The number of aldehydes is 1. The third kappa shape index (κ3) is 6.48. The molecule has 3 heterocycles. The maximum atomic E-state index is 10.7. The Morgan fingerprint density at radius 2 is 1.89 bits per heavy atom. The number of hydrogen-bond donors (Lipinski definition) is 1. The molecule has 1 fully saturated rings. The molecule has 0 spiro atoms. The summed E-state index contributed by atoms with van der Waals surface area (Å²) in [6.07, 6.45) is 3.76. The van der Waals surface area contributed by atoms with E-state index < -0.39 is 0 Å². The van der Waals surface area contributed by atoms with Gasteiger partial charge in [0.25, 0.3) is 0 Å². The molecule has 11 nitrogen and oxygen atoms in total. The summed E-state index contributed by atoms with van der Waals surface area (Å²) in [5, 5.41) is 3.98. The molecule has 0 aliphatic carbocycles. The van der Waals surface area contributed by atoms with Gasteiger partial charge in [-0.25, -0.2) is 15.0 Å². The monoisotopic (exact) mass is 515 g/mol. The van der Waals surface area contributed by atoms with Gasteiger partial charge < -0.3 is 24.3 Å². The number of anilines is 2. The number of methoxy groups -OCH3 is 1. The van der Waals surface area contributed by atoms with Crippen molar-refractivity contribution in [3.63, 3.8) is 0 Å². The van der Waals surface area contributed by atoms with Crippen molar-refractivity contribution < 1.29 is 19.0 Å². The van der Waals surface area contributed by atoms with Crippen LogP contribution in [0.1, 0.15) is 13.8 Å². The number of hydrogen-bond acceptors (Lipinski definition) is 11. The first-order valence-corrected chi connectivity index (χ1v) is 12.1. The van der Waals surface area contributed by atoms with Crippen LogP contribution in [0.2, 0.25) is 5.15 Å². The topological polar surface area (TPSA) is 115 Å². The van der Waals surface area contributed by atoms with Gasteiger partial charge >= 0.3 is 0 Å². The second-order valence-corrected chi connectivity index (χ2v) is 8.90. The molecule has 36 heavy (non-hydrogen) atoms. The first-order valence-electron chi connectivity index (χ1n) is 11.8. The number of carbonyl (C=O) groups excluding carboxylic acids is 1. The Hall–Kier alpha value is -3.28. The molecule has 192 valence electrons. The third-order valence-corrected chi connectivity index (χ3v) is 5.94. The largest absolute Gasteiger partial charge is 0.492 e. The minimum absolute atomic E-state index is 0.0839. The summed E-state index contributed by atoms with van der Waals surface area (Å²) in [6, 6.07) is 3.70. The first kappa shape index (κ1) is 25.8. The van der Waals surface area contributed by atoms with E-state index in [0.29, 0.717) is 53.1 Å². The fourth-order valence-electron chi connectivity index (χ4n) is 3.90. The van der Waals surface area contributed by atoms with Gasteiger partial charge in [0.2, 0.25) is 5.88 Å². The van der Waals surface area contributed by atoms with Crippen LogP contribution in [0, 0.1) is 0 Å². The standard InChI is InChI=1S/C24H30ClN7O4/c1-16(2)36-19-13-17(35-11-9-32-6-4-31(5-7-32)8-10-33)12-18-21(19)23(28-15-27-18)30-24-22(25)26-14-20(29-24)34-3/h10,12-16H,4-9,11H2,1-3H3,(H,27,28,29,30). The zero-order valence-corrected chi connectivity index (χ0v) is 21.4. The van der Waals surface area contributed by atoms with E-state index in [1.54, 1.807) is 0 Å². The van der Waals surface area contributed by atoms with Crippen molar-refractivity contribution in [3.8, 4) is 17.4 Å². The number of benzene rings is 1. The van der Waals surface area contributed by atoms with Gasteiger partial charge in [0.15, 0.2) is 11.0 Å². The molecular formula is C24H30ClN7O4. The maximum absolute atomic E-state index is 10.7. The number of ether oxygens (including phenoxy) is 3. The average molecular weight is 516 g/mol. The van der Waals surface area contributed by atoms with E-state index in [0.717, 1.165) is 39.0 Å². The Labute approximate surface area is 214 Å². The number of carbonyl (C=O) groups is 1. The predicted molar refractivity (Wildman–Crippen MR) is 137 cm³/mol. The van der Waals surface area contributed by atoms with Crippen molar-refractivity contribution in [2.75, 3.05) is 58.3 Å². The number of aromatic nitrogens is 4. The number of fused-ring (bicyclic) bond motifs is 1. The van der Waals surface area contributed by atoms with Gasteiger partial charge in [-0.05, 0) is 13.8 Å². The van der Waals surface area contributed by atoms with E-state index in [2.05, 4.69) is 35.1 Å². The first-order chi connectivity index (χ1) is 17.5. The van der Waals surface area contributed by atoms with Crippen LogP contribution in [-0.4, -0.2) is 95.1 Å². The molecule has 1 saturated heterocycles. The molecule has 4 rings (SSSR count). The number of piperazine rings is 1. The fourth-order valence-corrected chi connectivity index (χ4v) is 4.03. The average Bonchev–Trinajstić information content (AvgIpc) is 2.86. The van der Waals surface area contributed by atoms with Gasteiger partial charge in [-0.15, -0.1) is 0 Å². The molecule has 12 heteroatoms. The second kappa shape index (κ2) is 12.1. The Morgan fingerprint density at radius 3 is 2.61 bits per heavy atom. The molecule has 3 aromatic rings. The minimum atomic E-state index is -0.0839. The third-order valence-electron chi connectivity index (χ3n) is 5.66. The molecule has 0 unspecified atom stereocenters. The van der Waals surface area contributed by atoms with Gasteiger partial charge in [-0.2, -0.15) is 4.98 Å². The zero-order chi connectivity index (χ0) is 25.5. The molecule has 0 saturated carbocycles. The molecule has 1 aliphatic rings.